The van der Waals surface area contributed by atoms with Gasteiger partial charge in [-0.15, -0.1) is 35.0 Å². The van der Waals surface area contributed by atoms with Crippen LogP contribution in [0.5, 0.6) is 0 Å². The maximum Gasteiger partial charge on any atom is 0.272 e. The third kappa shape index (κ3) is 4.08. The molecule has 9 heteroatoms. The fourth-order valence-corrected chi connectivity index (χ4v) is 4.10. The molecule has 29 heavy (non-hydrogen) atoms. The van der Waals surface area contributed by atoms with E-state index in [1.54, 1.807) is 0 Å². The molecule has 2 aliphatic heterocycles. The molecule has 1 fully saturated rings. The molecule has 0 spiro atoms. The highest BCUT2D eigenvalue weighted by atomic mass is 35.5. The van der Waals surface area contributed by atoms with Gasteiger partial charge in [0.2, 0.25) is 0 Å². The largest absolute Gasteiger partial charge is 0.337 e. The van der Waals surface area contributed by atoms with Crippen molar-refractivity contribution in [2.75, 3.05) is 19.6 Å². The lowest BCUT2D eigenvalue weighted by molar-refractivity contribution is 0.0704. The van der Waals surface area contributed by atoms with Crippen molar-refractivity contribution in [1.82, 2.24) is 30.0 Å². The number of nitrogens with one attached hydrogen (secondary N) is 1. The second kappa shape index (κ2) is 9.07. The average molecular weight is 435 g/mol. The minimum atomic E-state index is 0. The number of benzene rings is 1. The molecule has 1 saturated heterocycles. The third-order valence-electron chi connectivity index (χ3n) is 5.62. The number of aromatic nitrogens is 4. The van der Waals surface area contributed by atoms with Gasteiger partial charge in [-0.1, -0.05) is 24.3 Å². The van der Waals surface area contributed by atoms with Gasteiger partial charge in [-0.05, 0) is 25.0 Å². The lowest BCUT2D eigenvalue weighted by atomic mass is 9.95. The minimum Gasteiger partial charge on any atom is -0.337 e. The van der Waals surface area contributed by atoms with Crippen molar-refractivity contribution in [3.05, 3.63) is 53.7 Å². The summed E-state index contributed by atoms with van der Waals surface area (Å²) in [5.74, 6) is 2.50. The van der Waals surface area contributed by atoms with Crippen LogP contribution in [0.4, 0.5) is 0 Å². The number of halogens is 2. The van der Waals surface area contributed by atoms with Crippen molar-refractivity contribution >= 4 is 41.6 Å². The zero-order valence-electron chi connectivity index (χ0n) is 16.0. The molecule has 154 valence electrons. The highest BCUT2D eigenvalue weighted by molar-refractivity contribution is 5.95. The molecule has 0 saturated carbocycles. The van der Waals surface area contributed by atoms with Gasteiger partial charge in [0, 0.05) is 37.5 Å². The van der Waals surface area contributed by atoms with Crippen LogP contribution in [0.2, 0.25) is 0 Å². The lowest BCUT2D eigenvalue weighted by Crippen LogP contribution is -2.39. The molecule has 1 amide bonds. The standard InChI is InChI=1S/C20H22N6O.2ClH/c27-20(17-6-5-14-3-1-2-4-16(14)22-17)25-10-7-15(8-11-25)19-24-23-18-13-21-9-12-26(18)19;;/h1-6,15,21H,7-13H2;2*1H. The first-order valence-electron chi connectivity index (χ1n) is 9.57. The predicted octanol–water partition coefficient (Wildman–Crippen LogP) is 2.79. The van der Waals surface area contributed by atoms with Gasteiger partial charge < -0.3 is 14.8 Å². The second-order valence-electron chi connectivity index (χ2n) is 7.26. The van der Waals surface area contributed by atoms with E-state index >= 15 is 0 Å². The minimum absolute atomic E-state index is 0. The fraction of sp³-hybridized carbons (Fsp3) is 0.400. The average Bonchev–Trinajstić information content (AvgIpc) is 3.17. The van der Waals surface area contributed by atoms with Crippen LogP contribution in [0.25, 0.3) is 10.9 Å². The summed E-state index contributed by atoms with van der Waals surface area (Å²) >= 11 is 0. The van der Waals surface area contributed by atoms with Gasteiger partial charge in [0.1, 0.15) is 17.3 Å². The number of fused-ring (bicyclic) bond motifs is 2. The maximum absolute atomic E-state index is 12.9. The second-order valence-corrected chi connectivity index (χ2v) is 7.26. The maximum atomic E-state index is 12.9. The van der Waals surface area contributed by atoms with Gasteiger partial charge in [-0.3, -0.25) is 4.79 Å². The first kappa shape index (κ1) is 21.5. The molecule has 7 nitrogen and oxygen atoms in total. The number of piperidine rings is 1. The van der Waals surface area contributed by atoms with E-state index in [2.05, 4.69) is 25.1 Å². The summed E-state index contributed by atoms with van der Waals surface area (Å²) in [6.45, 7) is 4.15. The van der Waals surface area contributed by atoms with E-state index in [4.69, 9.17) is 0 Å². The number of likely N-dealkylation sites (tertiary alicyclic amines) is 1. The van der Waals surface area contributed by atoms with Crippen LogP contribution in [0, 0.1) is 0 Å². The van der Waals surface area contributed by atoms with Crippen LogP contribution in [0.15, 0.2) is 36.4 Å². The molecule has 5 rings (SSSR count). The van der Waals surface area contributed by atoms with Crippen molar-refractivity contribution in [2.24, 2.45) is 0 Å². The monoisotopic (exact) mass is 434 g/mol. The van der Waals surface area contributed by atoms with E-state index < -0.39 is 0 Å². The first-order valence-corrected chi connectivity index (χ1v) is 9.57. The van der Waals surface area contributed by atoms with Crippen molar-refractivity contribution in [2.45, 2.75) is 31.8 Å². The summed E-state index contributed by atoms with van der Waals surface area (Å²) in [5.41, 5.74) is 1.39. The Morgan fingerprint density at radius 3 is 2.62 bits per heavy atom. The van der Waals surface area contributed by atoms with E-state index in [0.29, 0.717) is 11.6 Å². The smallest absolute Gasteiger partial charge is 0.272 e. The number of hydrogen-bond acceptors (Lipinski definition) is 5. The summed E-state index contributed by atoms with van der Waals surface area (Å²) in [4.78, 5) is 19.4. The Morgan fingerprint density at radius 2 is 1.79 bits per heavy atom. The van der Waals surface area contributed by atoms with Crippen molar-refractivity contribution in [3.8, 4) is 0 Å². The molecule has 2 aromatic heterocycles. The Bertz CT molecular complexity index is 1000. The summed E-state index contributed by atoms with van der Waals surface area (Å²) < 4.78 is 2.25. The van der Waals surface area contributed by atoms with Gasteiger partial charge in [0.25, 0.3) is 5.91 Å². The predicted molar refractivity (Wildman–Crippen MR) is 116 cm³/mol. The van der Waals surface area contributed by atoms with Gasteiger partial charge in [0.15, 0.2) is 0 Å². The van der Waals surface area contributed by atoms with Gasteiger partial charge in [-0.2, -0.15) is 0 Å². The molecular formula is C20H24Cl2N6O. The van der Waals surface area contributed by atoms with Crippen LogP contribution in [-0.2, 0) is 13.1 Å². The van der Waals surface area contributed by atoms with Gasteiger partial charge in [0.05, 0.1) is 12.1 Å². The molecule has 2 aliphatic rings. The number of pyridine rings is 1. The molecule has 0 atom stereocenters. The zero-order valence-corrected chi connectivity index (χ0v) is 17.6. The van der Waals surface area contributed by atoms with E-state index in [1.165, 1.54) is 0 Å². The summed E-state index contributed by atoms with van der Waals surface area (Å²) in [6, 6.07) is 11.7. The molecule has 0 unspecified atom stereocenters. The Labute approximate surface area is 181 Å². The van der Waals surface area contributed by atoms with Crippen molar-refractivity contribution in [1.29, 1.82) is 0 Å². The summed E-state index contributed by atoms with van der Waals surface area (Å²) in [5, 5.41) is 13.1. The molecule has 3 aromatic rings. The quantitative estimate of drug-likeness (QED) is 0.670. The van der Waals surface area contributed by atoms with Gasteiger partial charge in [-0.25, -0.2) is 4.98 Å². The Balaban J connectivity index is 0.00000120. The molecule has 1 N–H and O–H groups in total. The van der Waals surface area contributed by atoms with Crippen molar-refractivity contribution < 1.29 is 4.79 Å². The van der Waals surface area contributed by atoms with E-state index in [-0.39, 0.29) is 30.7 Å². The van der Waals surface area contributed by atoms with Crippen LogP contribution < -0.4 is 5.32 Å². The Kier molecular flexibility index (Phi) is 6.72. The third-order valence-corrected chi connectivity index (χ3v) is 5.62. The van der Waals surface area contributed by atoms with Gasteiger partial charge >= 0.3 is 0 Å². The molecule has 0 aliphatic carbocycles. The Hall–Kier alpha value is -2.22. The first-order chi connectivity index (χ1) is 13.3. The van der Waals surface area contributed by atoms with Crippen LogP contribution >= 0.6 is 24.8 Å². The topological polar surface area (TPSA) is 75.9 Å². The number of amides is 1. The highest BCUT2D eigenvalue weighted by Crippen LogP contribution is 2.28. The normalized spacial score (nSPS) is 16.6. The number of rotatable bonds is 2. The zero-order chi connectivity index (χ0) is 18.2. The van der Waals surface area contributed by atoms with Crippen molar-refractivity contribution in [3.63, 3.8) is 0 Å². The highest BCUT2D eigenvalue weighted by Gasteiger charge is 2.29. The van der Waals surface area contributed by atoms with E-state index in [0.717, 1.165) is 68.1 Å². The molecular weight excluding hydrogens is 411 g/mol. The van der Waals surface area contributed by atoms with Crippen LogP contribution in [-0.4, -0.2) is 50.2 Å². The number of carbonyl (C=O) groups excluding carboxylic acids is 1. The Morgan fingerprint density at radius 1 is 1.00 bits per heavy atom. The summed E-state index contributed by atoms with van der Waals surface area (Å²) in [7, 11) is 0. The molecule has 0 bridgehead atoms. The van der Waals surface area contributed by atoms with Crippen LogP contribution in [0.1, 0.15) is 40.9 Å². The number of carbonyl (C=O) groups is 1. The molecule has 1 aromatic carbocycles. The lowest BCUT2D eigenvalue weighted by Gasteiger charge is -2.32. The number of para-hydroxylation sites is 1. The van der Waals surface area contributed by atoms with E-state index in [9.17, 15) is 4.79 Å². The number of hydrogen-bond donors (Lipinski definition) is 1. The summed E-state index contributed by atoms with van der Waals surface area (Å²) in [6.07, 6.45) is 1.84. The molecule has 4 heterocycles. The number of nitrogens with zero attached hydrogens (tertiary/aromatic N) is 5. The molecule has 0 radical (unpaired) electrons. The fourth-order valence-electron chi connectivity index (χ4n) is 4.10. The SMILES string of the molecule is Cl.Cl.O=C(c1ccc2ccccc2n1)N1CCC(c2nnc3n2CCNC3)CC1. The van der Waals surface area contributed by atoms with E-state index in [1.807, 2.05) is 41.3 Å². The van der Waals surface area contributed by atoms with Crippen LogP contribution in [0.3, 0.4) is 0 Å².